The van der Waals surface area contributed by atoms with Crippen molar-refractivity contribution in [2.24, 2.45) is 0 Å². The SMILES string of the molecule is CCOC(OCC)c1nc(C2CCCCCCC2)no1. The summed E-state index contributed by atoms with van der Waals surface area (Å²) in [6, 6.07) is 0. The quantitative estimate of drug-likeness (QED) is 0.739. The Morgan fingerprint density at radius 3 is 2.25 bits per heavy atom. The highest BCUT2D eigenvalue weighted by molar-refractivity contribution is 4.96. The van der Waals surface area contributed by atoms with Crippen LogP contribution in [0.2, 0.25) is 0 Å². The van der Waals surface area contributed by atoms with Gasteiger partial charge in [0.05, 0.1) is 0 Å². The van der Waals surface area contributed by atoms with E-state index < -0.39 is 6.29 Å². The van der Waals surface area contributed by atoms with Gasteiger partial charge in [0, 0.05) is 19.1 Å². The molecule has 0 saturated heterocycles. The summed E-state index contributed by atoms with van der Waals surface area (Å²) in [7, 11) is 0. The van der Waals surface area contributed by atoms with Crippen LogP contribution in [-0.2, 0) is 9.47 Å². The zero-order valence-corrected chi connectivity index (χ0v) is 12.6. The maximum atomic E-state index is 5.50. The summed E-state index contributed by atoms with van der Waals surface area (Å²) in [5.74, 6) is 1.70. The monoisotopic (exact) mass is 282 g/mol. The third-order valence-corrected chi connectivity index (χ3v) is 3.77. The summed E-state index contributed by atoms with van der Waals surface area (Å²) in [5.41, 5.74) is 0. The molecule has 0 spiro atoms. The summed E-state index contributed by atoms with van der Waals surface area (Å²) < 4.78 is 16.3. The van der Waals surface area contributed by atoms with Crippen molar-refractivity contribution >= 4 is 0 Å². The van der Waals surface area contributed by atoms with Gasteiger partial charge in [-0.3, -0.25) is 0 Å². The average molecular weight is 282 g/mol. The second-order valence-corrected chi connectivity index (χ2v) is 5.28. The fraction of sp³-hybridized carbons (Fsp3) is 0.867. The van der Waals surface area contributed by atoms with Crippen molar-refractivity contribution in [3.8, 4) is 0 Å². The standard InChI is InChI=1S/C15H26N2O3/c1-3-18-15(19-4-2)14-16-13(17-20-14)12-10-8-6-5-7-9-11-12/h12,15H,3-11H2,1-2H3. The van der Waals surface area contributed by atoms with Crippen LogP contribution in [0.15, 0.2) is 4.52 Å². The predicted octanol–water partition coefficient (Wildman–Crippen LogP) is 3.97. The Bertz CT molecular complexity index is 367. The fourth-order valence-corrected chi connectivity index (χ4v) is 2.72. The molecular formula is C15H26N2O3. The van der Waals surface area contributed by atoms with Crippen molar-refractivity contribution < 1.29 is 14.0 Å². The van der Waals surface area contributed by atoms with Crippen LogP contribution >= 0.6 is 0 Å². The number of aromatic nitrogens is 2. The highest BCUT2D eigenvalue weighted by Crippen LogP contribution is 2.30. The van der Waals surface area contributed by atoms with Gasteiger partial charge in [-0.2, -0.15) is 4.98 Å². The van der Waals surface area contributed by atoms with Gasteiger partial charge in [0.25, 0.3) is 5.89 Å². The van der Waals surface area contributed by atoms with E-state index in [0.717, 1.165) is 18.7 Å². The van der Waals surface area contributed by atoms with Crippen molar-refractivity contribution in [2.45, 2.75) is 71.0 Å². The number of ether oxygens (including phenoxy) is 2. The summed E-state index contributed by atoms with van der Waals surface area (Å²) in [6.45, 7) is 4.98. The van der Waals surface area contributed by atoms with Crippen LogP contribution in [0.4, 0.5) is 0 Å². The lowest BCUT2D eigenvalue weighted by atomic mass is 9.91. The minimum Gasteiger partial charge on any atom is -0.345 e. The summed E-state index contributed by atoms with van der Waals surface area (Å²) in [6.07, 6.45) is 8.31. The number of hydrogen-bond donors (Lipinski definition) is 0. The summed E-state index contributed by atoms with van der Waals surface area (Å²) in [5, 5.41) is 4.15. The number of hydrogen-bond acceptors (Lipinski definition) is 5. The first-order valence-electron chi connectivity index (χ1n) is 7.91. The third-order valence-electron chi connectivity index (χ3n) is 3.77. The average Bonchev–Trinajstić information content (AvgIpc) is 2.87. The third kappa shape index (κ3) is 4.28. The Balaban J connectivity index is 2.01. The van der Waals surface area contributed by atoms with Gasteiger partial charge >= 0.3 is 0 Å². The van der Waals surface area contributed by atoms with Crippen molar-refractivity contribution in [3.05, 3.63) is 11.7 Å². The summed E-state index contributed by atoms with van der Waals surface area (Å²) >= 11 is 0. The molecule has 0 atom stereocenters. The molecule has 5 heteroatoms. The Morgan fingerprint density at radius 2 is 1.65 bits per heavy atom. The van der Waals surface area contributed by atoms with Gasteiger partial charge in [0.1, 0.15) is 0 Å². The predicted molar refractivity (Wildman–Crippen MR) is 75.4 cm³/mol. The van der Waals surface area contributed by atoms with Gasteiger partial charge in [-0.05, 0) is 26.7 Å². The lowest BCUT2D eigenvalue weighted by Crippen LogP contribution is -2.10. The molecule has 1 aromatic rings. The molecule has 5 nitrogen and oxygen atoms in total. The van der Waals surface area contributed by atoms with Crippen LogP contribution in [0, 0.1) is 0 Å². The molecule has 1 heterocycles. The molecule has 0 radical (unpaired) electrons. The molecule has 1 aliphatic rings. The molecule has 0 unspecified atom stereocenters. The Morgan fingerprint density at radius 1 is 1.05 bits per heavy atom. The van der Waals surface area contributed by atoms with Gasteiger partial charge in [-0.15, -0.1) is 0 Å². The van der Waals surface area contributed by atoms with E-state index >= 15 is 0 Å². The van der Waals surface area contributed by atoms with Crippen LogP contribution in [0.1, 0.15) is 82.7 Å². The van der Waals surface area contributed by atoms with E-state index in [-0.39, 0.29) is 0 Å². The molecule has 20 heavy (non-hydrogen) atoms. The highest BCUT2D eigenvalue weighted by atomic mass is 16.7. The lowest BCUT2D eigenvalue weighted by molar-refractivity contribution is -0.155. The topological polar surface area (TPSA) is 57.4 Å². The van der Waals surface area contributed by atoms with Gasteiger partial charge in [-0.25, -0.2) is 0 Å². The highest BCUT2D eigenvalue weighted by Gasteiger charge is 2.24. The van der Waals surface area contributed by atoms with Crippen LogP contribution < -0.4 is 0 Å². The molecule has 0 aliphatic heterocycles. The molecule has 1 fully saturated rings. The first-order chi connectivity index (χ1) is 9.85. The smallest absolute Gasteiger partial charge is 0.283 e. The van der Waals surface area contributed by atoms with Gasteiger partial charge in [0.15, 0.2) is 5.82 Å². The lowest BCUT2D eigenvalue weighted by Gasteiger charge is -2.16. The van der Waals surface area contributed by atoms with E-state index in [1.807, 2.05) is 13.8 Å². The van der Waals surface area contributed by atoms with Gasteiger partial charge in [0.2, 0.25) is 6.29 Å². The molecule has 0 N–H and O–H groups in total. The van der Waals surface area contributed by atoms with Crippen molar-refractivity contribution in [2.75, 3.05) is 13.2 Å². The maximum Gasteiger partial charge on any atom is 0.283 e. The molecule has 1 aliphatic carbocycles. The molecule has 2 rings (SSSR count). The van der Waals surface area contributed by atoms with E-state index in [2.05, 4.69) is 10.1 Å². The van der Waals surface area contributed by atoms with Crippen molar-refractivity contribution in [1.29, 1.82) is 0 Å². The summed E-state index contributed by atoms with van der Waals surface area (Å²) in [4.78, 5) is 4.52. The van der Waals surface area contributed by atoms with E-state index in [9.17, 15) is 0 Å². The number of nitrogens with zero attached hydrogens (tertiary/aromatic N) is 2. The van der Waals surface area contributed by atoms with E-state index in [4.69, 9.17) is 14.0 Å². The van der Waals surface area contributed by atoms with Crippen LogP contribution in [0.3, 0.4) is 0 Å². The normalized spacial score (nSPS) is 18.1. The van der Waals surface area contributed by atoms with Gasteiger partial charge in [-0.1, -0.05) is 37.3 Å². The molecule has 0 aromatic carbocycles. The molecule has 1 aromatic heterocycles. The Labute approximate surface area is 121 Å². The van der Waals surface area contributed by atoms with Crippen molar-refractivity contribution in [1.82, 2.24) is 10.1 Å². The first-order valence-corrected chi connectivity index (χ1v) is 7.91. The first kappa shape index (κ1) is 15.4. The van der Waals surface area contributed by atoms with Crippen molar-refractivity contribution in [3.63, 3.8) is 0 Å². The van der Waals surface area contributed by atoms with E-state index in [0.29, 0.717) is 25.0 Å². The zero-order chi connectivity index (χ0) is 14.2. The second kappa shape index (κ2) is 8.37. The van der Waals surface area contributed by atoms with Crippen LogP contribution in [-0.4, -0.2) is 23.4 Å². The molecule has 0 amide bonds. The number of rotatable bonds is 6. The van der Waals surface area contributed by atoms with E-state index in [1.54, 1.807) is 0 Å². The van der Waals surface area contributed by atoms with Crippen LogP contribution in [0.25, 0.3) is 0 Å². The molecular weight excluding hydrogens is 256 g/mol. The van der Waals surface area contributed by atoms with E-state index in [1.165, 1.54) is 32.1 Å². The minimum atomic E-state index is -0.528. The Hall–Kier alpha value is -0.940. The largest absolute Gasteiger partial charge is 0.345 e. The van der Waals surface area contributed by atoms with Gasteiger partial charge < -0.3 is 14.0 Å². The zero-order valence-electron chi connectivity index (χ0n) is 12.6. The molecule has 0 bridgehead atoms. The minimum absolute atomic E-state index is 0.428. The fourth-order valence-electron chi connectivity index (χ4n) is 2.72. The van der Waals surface area contributed by atoms with Crippen LogP contribution in [0.5, 0.6) is 0 Å². The maximum absolute atomic E-state index is 5.50. The molecule has 1 saturated carbocycles. The molecule has 114 valence electrons. The Kier molecular flexibility index (Phi) is 6.47. The second-order valence-electron chi connectivity index (χ2n) is 5.28.